The lowest BCUT2D eigenvalue weighted by Crippen LogP contribution is -2.39. The van der Waals surface area contributed by atoms with E-state index in [0.717, 1.165) is 31.6 Å². The molecule has 0 bridgehead atoms. The number of hydrogen-bond acceptors (Lipinski definition) is 3. The first-order valence-corrected chi connectivity index (χ1v) is 5.92. The number of hydrogen-bond donors (Lipinski definition) is 2. The van der Waals surface area contributed by atoms with Gasteiger partial charge in [-0.15, -0.1) is 0 Å². The Labute approximate surface area is 101 Å². The van der Waals surface area contributed by atoms with E-state index < -0.39 is 0 Å². The summed E-state index contributed by atoms with van der Waals surface area (Å²) in [5.41, 5.74) is 7.96. The van der Waals surface area contributed by atoms with Gasteiger partial charge in [-0.2, -0.15) is 0 Å². The Morgan fingerprint density at radius 1 is 1.41 bits per heavy atom. The van der Waals surface area contributed by atoms with E-state index in [4.69, 9.17) is 10.5 Å². The van der Waals surface area contributed by atoms with Crippen LogP contribution in [0, 0.1) is 6.92 Å². The molecule has 1 aliphatic rings. The van der Waals surface area contributed by atoms with Crippen molar-refractivity contribution in [3.8, 4) is 0 Å². The van der Waals surface area contributed by atoms with Crippen LogP contribution in [0.15, 0.2) is 18.2 Å². The van der Waals surface area contributed by atoms with E-state index in [1.165, 1.54) is 0 Å². The van der Waals surface area contributed by atoms with Crippen molar-refractivity contribution in [2.24, 2.45) is 0 Å². The Morgan fingerprint density at radius 3 is 2.82 bits per heavy atom. The third-order valence-corrected chi connectivity index (χ3v) is 3.18. The van der Waals surface area contributed by atoms with E-state index in [1.54, 1.807) is 18.2 Å². The minimum absolute atomic E-state index is 0.0401. The maximum atomic E-state index is 12.1. The van der Waals surface area contributed by atoms with Gasteiger partial charge >= 0.3 is 0 Å². The van der Waals surface area contributed by atoms with E-state index in [9.17, 15) is 4.79 Å². The number of nitrogens with one attached hydrogen (secondary N) is 1. The Hall–Kier alpha value is -1.55. The van der Waals surface area contributed by atoms with Gasteiger partial charge in [0.1, 0.15) is 0 Å². The zero-order valence-corrected chi connectivity index (χ0v) is 10.0. The predicted octanol–water partition coefficient (Wildman–Crippen LogP) is 1.49. The summed E-state index contributed by atoms with van der Waals surface area (Å²) < 4.78 is 5.26. The van der Waals surface area contributed by atoms with E-state index in [1.807, 2.05) is 6.92 Å². The van der Waals surface area contributed by atoms with Gasteiger partial charge in [-0.25, -0.2) is 0 Å². The number of benzene rings is 1. The summed E-state index contributed by atoms with van der Waals surface area (Å²) in [7, 11) is 0. The van der Waals surface area contributed by atoms with E-state index in [2.05, 4.69) is 5.32 Å². The predicted molar refractivity (Wildman–Crippen MR) is 66.9 cm³/mol. The summed E-state index contributed by atoms with van der Waals surface area (Å²) in [4.78, 5) is 12.1. The zero-order chi connectivity index (χ0) is 12.3. The fourth-order valence-electron chi connectivity index (χ4n) is 2.00. The van der Waals surface area contributed by atoms with Gasteiger partial charge in [-0.1, -0.05) is 6.07 Å². The molecule has 1 saturated heterocycles. The van der Waals surface area contributed by atoms with Crippen molar-refractivity contribution in [1.82, 2.24) is 5.32 Å². The molecule has 1 heterocycles. The van der Waals surface area contributed by atoms with Gasteiger partial charge < -0.3 is 15.8 Å². The highest BCUT2D eigenvalue weighted by molar-refractivity contribution is 5.97. The molecule has 1 aromatic rings. The zero-order valence-electron chi connectivity index (χ0n) is 10.0. The van der Waals surface area contributed by atoms with Crippen LogP contribution in [0.3, 0.4) is 0 Å². The molecule has 0 atom stereocenters. The highest BCUT2D eigenvalue weighted by Crippen LogP contribution is 2.16. The molecule has 1 fully saturated rings. The number of nitrogens with two attached hydrogens (primary N) is 1. The number of nitrogen functional groups attached to an aromatic ring is 1. The molecular formula is C13H18N2O2. The minimum atomic E-state index is -0.0401. The van der Waals surface area contributed by atoms with Crippen molar-refractivity contribution in [3.05, 3.63) is 29.3 Å². The summed E-state index contributed by atoms with van der Waals surface area (Å²) in [6.07, 6.45) is 1.76. The van der Waals surface area contributed by atoms with Gasteiger partial charge in [-0.3, -0.25) is 4.79 Å². The third kappa shape index (κ3) is 2.77. The lowest BCUT2D eigenvalue weighted by atomic mass is 10.0. The normalized spacial score (nSPS) is 16.8. The number of ether oxygens (including phenoxy) is 1. The Balaban J connectivity index is 2.06. The fraction of sp³-hybridized carbons (Fsp3) is 0.462. The lowest BCUT2D eigenvalue weighted by Gasteiger charge is -2.23. The second kappa shape index (κ2) is 5.19. The van der Waals surface area contributed by atoms with Crippen LogP contribution in [-0.2, 0) is 4.74 Å². The molecule has 0 aromatic heterocycles. The Bertz CT molecular complexity index is 412. The Kier molecular flexibility index (Phi) is 3.64. The average molecular weight is 234 g/mol. The van der Waals surface area contributed by atoms with Gasteiger partial charge in [0.2, 0.25) is 0 Å². The van der Waals surface area contributed by atoms with Crippen molar-refractivity contribution in [1.29, 1.82) is 0 Å². The number of anilines is 1. The number of carbonyl (C=O) groups excluding carboxylic acids is 1. The summed E-state index contributed by atoms with van der Waals surface area (Å²) >= 11 is 0. The van der Waals surface area contributed by atoms with Crippen molar-refractivity contribution < 1.29 is 9.53 Å². The average Bonchev–Trinajstić information content (AvgIpc) is 2.34. The smallest absolute Gasteiger partial charge is 0.251 e. The first kappa shape index (κ1) is 11.9. The number of amides is 1. The molecule has 1 aromatic carbocycles. The molecule has 1 aliphatic heterocycles. The van der Waals surface area contributed by atoms with E-state index in [-0.39, 0.29) is 11.9 Å². The second-order valence-corrected chi connectivity index (χ2v) is 4.38. The molecule has 4 nitrogen and oxygen atoms in total. The van der Waals surface area contributed by atoms with Crippen LogP contribution in [0.25, 0.3) is 0 Å². The highest BCUT2D eigenvalue weighted by Gasteiger charge is 2.18. The quantitative estimate of drug-likeness (QED) is 0.762. The van der Waals surface area contributed by atoms with Crippen molar-refractivity contribution in [2.75, 3.05) is 18.9 Å². The summed E-state index contributed by atoms with van der Waals surface area (Å²) in [6.45, 7) is 3.32. The van der Waals surface area contributed by atoms with Gasteiger partial charge in [0.25, 0.3) is 5.91 Å². The molecular weight excluding hydrogens is 216 g/mol. The molecule has 4 heteroatoms. The molecule has 17 heavy (non-hydrogen) atoms. The van der Waals surface area contributed by atoms with Crippen LogP contribution < -0.4 is 11.1 Å². The molecule has 3 N–H and O–H groups in total. The second-order valence-electron chi connectivity index (χ2n) is 4.38. The van der Waals surface area contributed by atoms with E-state index in [0.29, 0.717) is 11.3 Å². The number of carbonyl (C=O) groups is 1. The van der Waals surface area contributed by atoms with Crippen molar-refractivity contribution in [2.45, 2.75) is 25.8 Å². The number of rotatable bonds is 2. The highest BCUT2D eigenvalue weighted by atomic mass is 16.5. The van der Waals surface area contributed by atoms with Gasteiger partial charge in [-0.05, 0) is 37.5 Å². The summed E-state index contributed by atoms with van der Waals surface area (Å²) in [6, 6.07) is 5.64. The fourth-order valence-corrected chi connectivity index (χ4v) is 2.00. The molecule has 0 saturated carbocycles. The standard InChI is InChI=1S/C13H18N2O2/c1-9-11(3-2-4-12(9)14)13(16)15-10-5-7-17-8-6-10/h2-4,10H,5-8,14H2,1H3,(H,15,16). The van der Waals surface area contributed by atoms with Crippen LogP contribution in [-0.4, -0.2) is 25.2 Å². The van der Waals surface area contributed by atoms with Crippen LogP contribution in [0.1, 0.15) is 28.8 Å². The maximum absolute atomic E-state index is 12.1. The molecule has 0 radical (unpaired) electrons. The van der Waals surface area contributed by atoms with E-state index >= 15 is 0 Å². The molecule has 0 spiro atoms. The van der Waals surface area contributed by atoms with Crippen LogP contribution >= 0.6 is 0 Å². The summed E-state index contributed by atoms with van der Waals surface area (Å²) in [5.74, 6) is -0.0401. The topological polar surface area (TPSA) is 64.4 Å². The first-order chi connectivity index (χ1) is 8.18. The van der Waals surface area contributed by atoms with Crippen molar-refractivity contribution in [3.63, 3.8) is 0 Å². The van der Waals surface area contributed by atoms with Gasteiger partial charge in [0.15, 0.2) is 0 Å². The van der Waals surface area contributed by atoms with Crippen molar-refractivity contribution >= 4 is 11.6 Å². The minimum Gasteiger partial charge on any atom is -0.398 e. The molecule has 1 amide bonds. The maximum Gasteiger partial charge on any atom is 0.251 e. The molecule has 0 aliphatic carbocycles. The largest absolute Gasteiger partial charge is 0.398 e. The van der Waals surface area contributed by atoms with Crippen LogP contribution in [0.2, 0.25) is 0 Å². The SMILES string of the molecule is Cc1c(N)cccc1C(=O)NC1CCOCC1. The van der Waals surface area contributed by atoms with Crippen LogP contribution in [0.4, 0.5) is 5.69 Å². The first-order valence-electron chi connectivity index (χ1n) is 5.92. The molecule has 92 valence electrons. The monoisotopic (exact) mass is 234 g/mol. The van der Waals surface area contributed by atoms with Gasteiger partial charge in [0.05, 0.1) is 0 Å². The third-order valence-electron chi connectivity index (χ3n) is 3.18. The Morgan fingerprint density at radius 2 is 2.12 bits per heavy atom. The molecule has 2 rings (SSSR count). The lowest BCUT2D eigenvalue weighted by molar-refractivity contribution is 0.0696. The summed E-state index contributed by atoms with van der Waals surface area (Å²) in [5, 5.41) is 3.03. The van der Waals surface area contributed by atoms with Gasteiger partial charge in [0, 0.05) is 30.5 Å². The van der Waals surface area contributed by atoms with Crippen LogP contribution in [0.5, 0.6) is 0 Å². The molecule has 0 unspecified atom stereocenters.